The van der Waals surface area contributed by atoms with E-state index in [1.807, 2.05) is 0 Å². The number of aliphatic hydroxyl groups excluding tert-OH is 1. The van der Waals surface area contributed by atoms with Crippen molar-refractivity contribution in [3.05, 3.63) is 57.9 Å². The summed E-state index contributed by atoms with van der Waals surface area (Å²) in [5.41, 5.74) is 0.467. The largest absolute Gasteiger partial charge is 0.393 e. The molecule has 1 saturated carbocycles. The van der Waals surface area contributed by atoms with Crippen LogP contribution in [0, 0.1) is 43.5 Å². The van der Waals surface area contributed by atoms with Crippen molar-refractivity contribution in [2.45, 2.75) is 46.1 Å². The Morgan fingerprint density at radius 3 is 2.58 bits per heavy atom. The number of anilines is 1. The minimum atomic E-state index is -0.699. The summed E-state index contributed by atoms with van der Waals surface area (Å²) >= 11 is 0. The number of carbonyl (C=O) groups excluding carboxylic acids is 3. The van der Waals surface area contributed by atoms with Crippen molar-refractivity contribution >= 4 is 28.8 Å². The minimum absolute atomic E-state index is 0.0893. The molecule has 1 heterocycles. The number of amides is 1. The average Bonchev–Trinajstić information content (AvgIpc) is 2.96. The maximum Gasteiger partial charge on any atom is 0.272 e. The van der Waals surface area contributed by atoms with E-state index in [1.54, 1.807) is 27.8 Å². The zero-order valence-corrected chi connectivity index (χ0v) is 18.9. The number of nitrogens with one attached hydrogen (secondary N) is 1. The van der Waals surface area contributed by atoms with Gasteiger partial charge in [0.1, 0.15) is 11.5 Å². The lowest BCUT2D eigenvalue weighted by molar-refractivity contribution is -0.119. The van der Waals surface area contributed by atoms with Gasteiger partial charge in [-0.05, 0) is 57.4 Å². The third kappa shape index (κ3) is 4.44. The second-order valence-corrected chi connectivity index (χ2v) is 8.37. The van der Waals surface area contributed by atoms with Gasteiger partial charge in [-0.15, -0.1) is 5.92 Å². The molecule has 0 aliphatic heterocycles. The molecule has 1 aromatic carbocycles. The number of Topliss-reactive ketones (excluding diaryl/α,β-unsaturated/α-hetero) is 2. The molecule has 33 heavy (non-hydrogen) atoms. The summed E-state index contributed by atoms with van der Waals surface area (Å²) in [6.45, 7) is 11.9. The Morgan fingerprint density at radius 1 is 1.33 bits per heavy atom. The van der Waals surface area contributed by atoms with Crippen LogP contribution in [0.1, 0.15) is 58.3 Å². The van der Waals surface area contributed by atoms with E-state index < -0.39 is 34.8 Å². The number of rotatable bonds is 6. The molecular weight excluding hydrogens is 425 g/mol. The molecule has 7 nitrogen and oxygen atoms in total. The summed E-state index contributed by atoms with van der Waals surface area (Å²) < 4.78 is 15.1. The SMILES string of the molecule is [C-]#[N+]c1cc(NC(=O)c2c(C)c(C(=O)C(=O)CC3(C#CC)CC(O)C3)c(C)n2C)ccc1F. The normalized spacial score (nSPS) is 19.0. The number of hydrogen-bond acceptors (Lipinski definition) is 4. The molecular formula is C25H24FN3O4. The summed E-state index contributed by atoms with van der Waals surface area (Å²) in [7, 11) is 1.61. The van der Waals surface area contributed by atoms with E-state index in [1.165, 1.54) is 16.7 Å². The van der Waals surface area contributed by atoms with Crippen LogP contribution in [0.15, 0.2) is 18.2 Å². The Labute approximate surface area is 191 Å². The molecule has 0 unspecified atom stereocenters. The highest BCUT2D eigenvalue weighted by molar-refractivity contribution is 6.44. The van der Waals surface area contributed by atoms with Gasteiger partial charge in [0.2, 0.25) is 17.3 Å². The monoisotopic (exact) mass is 449 g/mol. The van der Waals surface area contributed by atoms with Crippen LogP contribution in [0.2, 0.25) is 0 Å². The van der Waals surface area contributed by atoms with Crippen molar-refractivity contribution in [2.75, 3.05) is 5.32 Å². The van der Waals surface area contributed by atoms with Crippen molar-refractivity contribution in [1.82, 2.24) is 4.57 Å². The van der Waals surface area contributed by atoms with Gasteiger partial charge in [-0.2, -0.15) is 0 Å². The van der Waals surface area contributed by atoms with E-state index in [4.69, 9.17) is 6.57 Å². The van der Waals surface area contributed by atoms with Crippen LogP contribution < -0.4 is 5.32 Å². The van der Waals surface area contributed by atoms with E-state index >= 15 is 0 Å². The molecule has 2 N–H and O–H groups in total. The Kier molecular flexibility index (Phi) is 6.53. The number of ketones is 2. The van der Waals surface area contributed by atoms with Crippen LogP contribution >= 0.6 is 0 Å². The second kappa shape index (κ2) is 9.01. The van der Waals surface area contributed by atoms with Gasteiger partial charge in [0, 0.05) is 30.3 Å². The van der Waals surface area contributed by atoms with Gasteiger partial charge in [0.05, 0.1) is 18.2 Å². The Bertz CT molecular complexity index is 1270. The molecule has 1 aromatic heterocycles. The third-order valence-corrected chi connectivity index (χ3v) is 6.09. The number of aliphatic hydroxyl groups is 1. The fourth-order valence-electron chi connectivity index (χ4n) is 4.43. The second-order valence-electron chi connectivity index (χ2n) is 8.37. The molecule has 0 atom stereocenters. The highest BCUT2D eigenvalue weighted by Crippen LogP contribution is 2.44. The smallest absolute Gasteiger partial charge is 0.272 e. The quantitative estimate of drug-likeness (QED) is 0.303. The highest BCUT2D eigenvalue weighted by atomic mass is 19.1. The first kappa shape index (κ1) is 23.9. The molecule has 0 radical (unpaired) electrons. The first-order valence-electron chi connectivity index (χ1n) is 10.4. The predicted molar refractivity (Wildman–Crippen MR) is 121 cm³/mol. The van der Waals surface area contributed by atoms with Crippen molar-refractivity contribution in [1.29, 1.82) is 0 Å². The number of nitrogens with zero attached hydrogens (tertiary/aromatic N) is 2. The number of hydrogen-bond donors (Lipinski definition) is 2. The lowest BCUT2D eigenvalue weighted by atomic mass is 9.64. The van der Waals surface area contributed by atoms with E-state index in [2.05, 4.69) is 22.0 Å². The number of carbonyl (C=O) groups is 3. The van der Waals surface area contributed by atoms with Crippen LogP contribution in [-0.4, -0.2) is 33.3 Å². The molecule has 8 heteroatoms. The molecule has 1 aliphatic rings. The minimum Gasteiger partial charge on any atom is -0.393 e. The molecule has 0 spiro atoms. The zero-order valence-electron chi connectivity index (χ0n) is 18.9. The average molecular weight is 449 g/mol. The molecule has 3 rings (SSSR count). The van der Waals surface area contributed by atoms with Crippen LogP contribution in [-0.2, 0) is 11.8 Å². The predicted octanol–water partition coefficient (Wildman–Crippen LogP) is 3.89. The van der Waals surface area contributed by atoms with Crippen LogP contribution in [0.3, 0.4) is 0 Å². The maximum absolute atomic E-state index is 13.6. The lowest BCUT2D eigenvalue weighted by Gasteiger charge is -2.40. The van der Waals surface area contributed by atoms with Gasteiger partial charge in [-0.3, -0.25) is 14.4 Å². The van der Waals surface area contributed by atoms with Gasteiger partial charge >= 0.3 is 0 Å². The number of benzene rings is 1. The number of aromatic nitrogens is 1. The third-order valence-electron chi connectivity index (χ3n) is 6.09. The van der Waals surface area contributed by atoms with Crippen LogP contribution in [0.5, 0.6) is 0 Å². The Morgan fingerprint density at radius 2 is 2.00 bits per heavy atom. The van der Waals surface area contributed by atoms with Gasteiger partial charge in [0.15, 0.2) is 0 Å². The Balaban J connectivity index is 1.87. The molecule has 2 aromatic rings. The fourth-order valence-corrected chi connectivity index (χ4v) is 4.43. The van der Waals surface area contributed by atoms with Crippen LogP contribution in [0.25, 0.3) is 4.85 Å². The molecule has 170 valence electrons. The van der Waals surface area contributed by atoms with Gasteiger partial charge in [-0.1, -0.05) is 5.92 Å². The fraction of sp³-hybridized carbons (Fsp3) is 0.360. The number of halogens is 1. The summed E-state index contributed by atoms with van der Waals surface area (Å²) in [6.07, 6.45) is 0.0717. The van der Waals surface area contributed by atoms with Gasteiger partial charge in [-0.25, -0.2) is 9.24 Å². The zero-order chi connectivity index (χ0) is 24.5. The highest BCUT2D eigenvalue weighted by Gasteiger charge is 2.45. The standard InChI is InChI=1S/C25H24FN3O4/c1-6-9-25(11-17(30)12-25)13-20(31)23(32)21-14(2)22(29(5)15(21)3)24(33)28-16-7-8-18(26)19(10-16)27-4/h7-8,10,17,30H,11-13H2,1-3,5H3,(H,28,33). The molecule has 1 aliphatic carbocycles. The lowest BCUT2D eigenvalue weighted by Crippen LogP contribution is -2.42. The van der Waals surface area contributed by atoms with Crippen molar-refractivity contribution in [3.8, 4) is 11.8 Å². The van der Waals surface area contributed by atoms with Crippen molar-refractivity contribution < 1.29 is 23.9 Å². The summed E-state index contributed by atoms with van der Waals surface area (Å²) in [4.78, 5) is 42.0. The summed E-state index contributed by atoms with van der Waals surface area (Å²) in [5, 5.41) is 12.3. The topological polar surface area (TPSA) is 92.8 Å². The van der Waals surface area contributed by atoms with Crippen molar-refractivity contribution in [2.24, 2.45) is 12.5 Å². The molecule has 0 bridgehead atoms. The summed E-state index contributed by atoms with van der Waals surface area (Å²) in [5.74, 6) is 3.19. The van der Waals surface area contributed by atoms with E-state index in [-0.39, 0.29) is 29.1 Å². The first-order valence-corrected chi connectivity index (χ1v) is 10.4. The molecule has 0 saturated heterocycles. The molecule has 1 amide bonds. The molecule has 1 fully saturated rings. The van der Waals surface area contributed by atoms with E-state index in [9.17, 15) is 23.9 Å². The van der Waals surface area contributed by atoms with Crippen molar-refractivity contribution in [3.63, 3.8) is 0 Å². The first-order chi connectivity index (χ1) is 15.5. The van der Waals surface area contributed by atoms with Gasteiger partial charge < -0.3 is 15.0 Å². The van der Waals surface area contributed by atoms with E-state index in [0.717, 1.165) is 6.07 Å². The van der Waals surface area contributed by atoms with Crippen LogP contribution in [0.4, 0.5) is 15.8 Å². The Hall–Kier alpha value is -3.75. The van der Waals surface area contributed by atoms with E-state index in [0.29, 0.717) is 24.1 Å². The maximum atomic E-state index is 13.6. The van der Waals surface area contributed by atoms with Gasteiger partial charge in [0.25, 0.3) is 5.91 Å². The summed E-state index contributed by atoms with van der Waals surface area (Å²) in [6, 6.07) is 3.65.